The highest BCUT2D eigenvalue weighted by Gasteiger charge is 2.12. The van der Waals surface area contributed by atoms with Gasteiger partial charge in [-0.05, 0) is 24.3 Å². The summed E-state index contributed by atoms with van der Waals surface area (Å²) in [4.78, 5) is 19.6. The lowest BCUT2D eigenvalue weighted by molar-refractivity contribution is -0.118. The maximum atomic E-state index is 11.4. The largest absolute Gasteiger partial charge is 0.507 e. The van der Waals surface area contributed by atoms with Crippen molar-refractivity contribution in [3.63, 3.8) is 0 Å². The number of carbonyl (C=O) groups is 1. The van der Waals surface area contributed by atoms with E-state index in [1.807, 2.05) is 0 Å². The highest BCUT2D eigenvalue weighted by atomic mass is 16.3. The van der Waals surface area contributed by atoms with Crippen molar-refractivity contribution in [2.24, 2.45) is 15.7 Å². The van der Waals surface area contributed by atoms with E-state index in [-0.39, 0.29) is 18.0 Å². The Balaban J connectivity index is 2.06. The molecule has 0 saturated heterocycles. The highest BCUT2D eigenvalue weighted by molar-refractivity contribution is 5.88. The molecule has 0 spiro atoms. The van der Waals surface area contributed by atoms with Crippen molar-refractivity contribution in [3.05, 3.63) is 59.7 Å². The van der Waals surface area contributed by atoms with E-state index in [4.69, 9.17) is 5.73 Å². The van der Waals surface area contributed by atoms with Crippen LogP contribution in [0, 0.1) is 0 Å². The van der Waals surface area contributed by atoms with Gasteiger partial charge in [0.25, 0.3) is 0 Å². The first kappa shape index (κ1) is 16.2. The van der Waals surface area contributed by atoms with E-state index in [0.717, 1.165) is 0 Å². The Bertz CT molecular complexity index is 741. The summed E-state index contributed by atoms with van der Waals surface area (Å²) in [5, 5.41) is 19.3. The third kappa shape index (κ3) is 4.67. The van der Waals surface area contributed by atoms with Crippen LogP contribution < -0.4 is 5.73 Å². The Morgan fingerprint density at radius 3 is 2.04 bits per heavy atom. The molecule has 23 heavy (non-hydrogen) atoms. The predicted octanol–water partition coefficient (Wildman–Crippen LogP) is 1.49. The molecule has 0 aliphatic carbocycles. The minimum Gasteiger partial charge on any atom is -0.507 e. The third-order valence-electron chi connectivity index (χ3n) is 3.10. The quantitative estimate of drug-likeness (QED) is 0.703. The molecular weight excluding hydrogens is 294 g/mol. The lowest BCUT2D eigenvalue weighted by atomic mass is 10.2. The van der Waals surface area contributed by atoms with Crippen LogP contribution >= 0.6 is 0 Å². The van der Waals surface area contributed by atoms with Crippen molar-refractivity contribution in [2.75, 3.05) is 6.54 Å². The van der Waals surface area contributed by atoms with E-state index in [0.29, 0.717) is 11.1 Å². The van der Waals surface area contributed by atoms with Gasteiger partial charge in [0.2, 0.25) is 5.91 Å². The van der Waals surface area contributed by atoms with Gasteiger partial charge in [0.05, 0.1) is 6.54 Å². The third-order valence-corrected chi connectivity index (χ3v) is 3.10. The average Bonchev–Trinajstić information content (AvgIpc) is 2.53. The van der Waals surface area contributed by atoms with Crippen LogP contribution in [0.25, 0.3) is 0 Å². The first-order valence-corrected chi connectivity index (χ1v) is 6.96. The van der Waals surface area contributed by atoms with Crippen LogP contribution in [-0.2, 0) is 4.79 Å². The molecule has 6 heteroatoms. The van der Waals surface area contributed by atoms with Gasteiger partial charge in [-0.25, -0.2) is 0 Å². The molecule has 2 rings (SSSR count). The van der Waals surface area contributed by atoms with Gasteiger partial charge >= 0.3 is 0 Å². The number of primary amides is 1. The molecule has 6 nitrogen and oxygen atoms in total. The number of carbonyl (C=O) groups excluding carboxylic acids is 1. The number of aliphatic imine (C=N–C) groups is 2. The Kier molecular flexibility index (Phi) is 5.46. The Morgan fingerprint density at radius 1 is 1.00 bits per heavy atom. The smallest absolute Gasteiger partial charge is 0.244 e. The molecule has 2 aromatic rings. The van der Waals surface area contributed by atoms with Crippen molar-refractivity contribution >= 4 is 18.3 Å². The average molecular weight is 311 g/mol. The van der Waals surface area contributed by atoms with E-state index in [1.54, 1.807) is 42.5 Å². The summed E-state index contributed by atoms with van der Waals surface area (Å²) in [6.45, 7) is 0.0494. The zero-order valence-corrected chi connectivity index (χ0v) is 12.3. The minimum absolute atomic E-state index is 0.0494. The van der Waals surface area contributed by atoms with Crippen LogP contribution in [0.2, 0.25) is 0 Å². The molecule has 0 aliphatic rings. The van der Waals surface area contributed by atoms with Gasteiger partial charge in [0.15, 0.2) is 0 Å². The zero-order valence-electron chi connectivity index (χ0n) is 12.3. The topological polar surface area (TPSA) is 108 Å². The number of amides is 1. The number of nitrogens with zero attached hydrogens (tertiary/aromatic N) is 2. The van der Waals surface area contributed by atoms with Crippen molar-refractivity contribution in [3.8, 4) is 11.5 Å². The van der Waals surface area contributed by atoms with Gasteiger partial charge in [-0.15, -0.1) is 0 Å². The summed E-state index contributed by atoms with van der Waals surface area (Å²) in [7, 11) is 0. The lowest BCUT2D eigenvalue weighted by Crippen LogP contribution is -2.29. The molecule has 1 amide bonds. The first-order valence-electron chi connectivity index (χ1n) is 6.96. The molecule has 2 aromatic carbocycles. The van der Waals surface area contributed by atoms with E-state index in [2.05, 4.69) is 9.98 Å². The molecule has 0 saturated carbocycles. The summed E-state index contributed by atoms with van der Waals surface area (Å²) in [6, 6.07) is 12.5. The van der Waals surface area contributed by atoms with E-state index >= 15 is 0 Å². The van der Waals surface area contributed by atoms with E-state index < -0.39 is 11.9 Å². The minimum atomic E-state index is -0.850. The van der Waals surface area contributed by atoms with Crippen molar-refractivity contribution in [1.29, 1.82) is 0 Å². The molecule has 0 heterocycles. The monoisotopic (exact) mass is 311 g/mol. The summed E-state index contributed by atoms with van der Waals surface area (Å²) in [5.41, 5.74) is 6.34. The van der Waals surface area contributed by atoms with Crippen LogP contribution in [0.3, 0.4) is 0 Å². The number of hydrogen-bond donors (Lipinski definition) is 3. The van der Waals surface area contributed by atoms with Crippen LogP contribution in [0.1, 0.15) is 11.1 Å². The molecule has 0 radical (unpaired) electrons. The highest BCUT2D eigenvalue weighted by Crippen LogP contribution is 2.14. The van der Waals surface area contributed by atoms with Crippen LogP contribution in [-0.4, -0.2) is 41.1 Å². The normalized spacial score (nSPS) is 12.7. The molecule has 0 fully saturated rings. The van der Waals surface area contributed by atoms with Crippen molar-refractivity contribution in [1.82, 2.24) is 0 Å². The molecule has 0 aromatic heterocycles. The van der Waals surface area contributed by atoms with Gasteiger partial charge in [-0.2, -0.15) is 0 Å². The molecule has 1 atom stereocenters. The summed E-state index contributed by atoms with van der Waals surface area (Å²) >= 11 is 0. The number of hydrogen-bond acceptors (Lipinski definition) is 5. The second-order valence-electron chi connectivity index (χ2n) is 4.81. The number of phenols is 2. The van der Waals surface area contributed by atoms with Gasteiger partial charge in [-0.1, -0.05) is 24.3 Å². The van der Waals surface area contributed by atoms with Gasteiger partial charge in [0.1, 0.15) is 17.5 Å². The van der Waals surface area contributed by atoms with Crippen LogP contribution in [0.15, 0.2) is 58.5 Å². The molecule has 118 valence electrons. The van der Waals surface area contributed by atoms with Crippen LogP contribution in [0.4, 0.5) is 0 Å². The van der Waals surface area contributed by atoms with Crippen molar-refractivity contribution in [2.45, 2.75) is 6.04 Å². The fourth-order valence-corrected chi connectivity index (χ4v) is 1.83. The number of phenolic OH excluding ortho intramolecular Hbond substituents is 2. The summed E-state index contributed by atoms with van der Waals surface area (Å²) in [5.74, 6) is -0.451. The SMILES string of the molecule is NC(=O)C(CN=Cc1ccccc1O)N=Cc1ccccc1O. The van der Waals surface area contributed by atoms with Gasteiger partial charge in [0, 0.05) is 23.6 Å². The second-order valence-corrected chi connectivity index (χ2v) is 4.81. The van der Waals surface area contributed by atoms with Crippen molar-refractivity contribution < 1.29 is 15.0 Å². The number of nitrogens with two attached hydrogens (primary N) is 1. The maximum Gasteiger partial charge on any atom is 0.244 e. The molecular formula is C17H17N3O3. The summed E-state index contributed by atoms with van der Waals surface area (Å²) < 4.78 is 0. The second kappa shape index (κ2) is 7.74. The number of benzene rings is 2. The molecule has 1 unspecified atom stereocenters. The molecule has 0 aliphatic heterocycles. The summed E-state index contributed by atoms with van der Waals surface area (Å²) in [6.07, 6.45) is 2.85. The van der Waals surface area contributed by atoms with E-state index in [1.165, 1.54) is 18.5 Å². The Labute approximate surface area is 133 Å². The maximum absolute atomic E-state index is 11.4. The molecule has 4 N–H and O–H groups in total. The van der Waals surface area contributed by atoms with Crippen LogP contribution in [0.5, 0.6) is 11.5 Å². The Morgan fingerprint density at radius 2 is 1.52 bits per heavy atom. The lowest BCUT2D eigenvalue weighted by Gasteiger charge is -2.05. The zero-order chi connectivity index (χ0) is 16.7. The van der Waals surface area contributed by atoms with E-state index in [9.17, 15) is 15.0 Å². The number of aromatic hydroxyl groups is 2. The fraction of sp³-hybridized carbons (Fsp3) is 0.118. The number of para-hydroxylation sites is 2. The Hall–Kier alpha value is -3.15. The fourth-order valence-electron chi connectivity index (χ4n) is 1.83. The standard InChI is InChI=1S/C17H17N3O3/c18-17(23)14(20-10-13-6-2-4-8-16(13)22)11-19-9-12-5-1-3-7-15(12)21/h1-10,14,21-22H,11H2,(H2,18,23). The van der Waals surface area contributed by atoms with Gasteiger partial charge < -0.3 is 15.9 Å². The first-order chi connectivity index (χ1) is 11.1. The molecule has 0 bridgehead atoms. The van der Waals surface area contributed by atoms with Gasteiger partial charge in [-0.3, -0.25) is 14.8 Å². The predicted molar refractivity (Wildman–Crippen MR) is 89.3 cm³/mol. The number of rotatable bonds is 6.